The van der Waals surface area contributed by atoms with Gasteiger partial charge in [-0.2, -0.15) is 0 Å². The molecule has 0 saturated carbocycles. The van der Waals surface area contributed by atoms with Gasteiger partial charge in [-0.1, -0.05) is 30.3 Å². The number of hydrogen-bond donors (Lipinski definition) is 1. The highest BCUT2D eigenvalue weighted by molar-refractivity contribution is 7.88. The van der Waals surface area contributed by atoms with Crippen LogP contribution in [0.15, 0.2) is 30.3 Å². The van der Waals surface area contributed by atoms with Crippen molar-refractivity contribution in [3.05, 3.63) is 35.9 Å². The summed E-state index contributed by atoms with van der Waals surface area (Å²) in [6, 6.07) is 9.21. The SMILES string of the molecule is Cl.O=C(C1CCCN(S(=O)(=O)Cc2ccccc2)C1)N1CCNCC1. The summed E-state index contributed by atoms with van der Waals surface area (Å²) in [6.07, 6.45) is 1.52. The molecule has 2 aliphatic heterocycles. The Morgan fingerprint density at radius 3 is 2.48 bits per heavy atom. The van der Waals surface area contributed by atoms with E-state index < -0.39 is 10.0 Å². The maximum absolute atomic E-state index is 12.7. The monoisotopic (exact) mass is 387 g/mol. The van der Waals surface area contributed by atoms with Crippen molar-refractivity contribution < 1.29 is 13.2 Å². The van der Waals surface area contributed by atoms with Crippen LogP contribution in [0.5, 0.6) is 0 Å². The van der Waals surface area contributed by atoms with Crippen molar-refractivity contribution in [3.8, 4) is 0 Å². The van der Waals surface area contributed by atoms with Crippen LogP contribution in [-0.4, -0.2) is 62.8 Å². The van der Waals surface area contributed by atoms with E-state index >= 15 is 0 Å². The summed E-state index contributed by atoms with van der Waals surface area (Å²) >= 11 is 0. The molecule has 1 aromatic carbocycles. The molecule has 1 N–H and O–H groups in total. The van der Waals surface area contributed by atoms with Crippen molar-refractivity contribution in [1.82, 2.24) is 14.5 Å². The van der Waals surface area contributed by atoms with Gasteiger partial charge in [-0.05, 0) is 18.4 Å². The molecule has 1 amide bonds. The van der Waals surface area contributed by atoms with Crippen molar-refractivity contribution >= 4 is 28.3 Å². The molecule has 2 saturated heterocycles. The Labute approximate surface area is 156 Å². The van der Waals surface area contributed by atoms with E-state index in [0.717, 1.165) is 31.5 Å². The highest BCUT2D eigenvalue weighted by Gasteiger charge is 2.34. The Kier molecular flexibility index (Phi) is 7.25. The van der Waals surface area contributed by atoms with Crippen LogP contribution in [0.4, 0.5) is 0 Å². The minimum atomic E-state index is -3.38. The van der Waals surface area contributed by atoms with Crippen LogP contribution in [0.2, 0.25) is 0 Å². The molecule has 2 fully saturated rings. The van der Waals surface area contributed by atoms with Crippen LogP contribution in [-0.2, 0) is 20.6 Å². The number of hydrogen-bond acceptors (Lipinski definition) is 4. The zero-order chi connectivity index (χ0) is 17.0. The fourth-order valence-electron chi connectivity index (χ4n) is 3.42. The molecule has 25 heavy (non-hydrogen) atoms. The number of carbonyl (C=O) groups excluding carboxylic acids is 1. The van der Waals surface area contributed by atoms with E-state index in [4.69, 9.17) is 0 Å². The van der Waals surface area contributed by atoms with Gasteiger partial charge in [-0.3, -0.25) is 4.79 Å². The smallest absolute Gasteiger partial charge is 0.227 e. The summed E-state index contributed by atoms with van der Waals surface area (Å²) in [5, 5.41) is 3.23. The summed E-state index contributed by atoms with van der Waals surface area (Å²) in [7, 11) is -3.38. The number of nitrogens with one attached hydrogen (secondary N) is 1. The molecule has 2 aliphatic rings. The molecule has 0 aromatic heterocycles. The molecule has 1 aromatic rings. The maximum Gasteiger partial charge on any atom is 0.227 e. The average Bonchev–Trinajstić information content (AvgIpc) is 2.62. The first-order valence-corrected chi connectivity index (χ1v) is 10.2. The molecule has 3 rings (SSSR count). The third-order valence-corrected chi connectivity index (χ3v) is 6.56. The Morgan fingerprint density at radius 2 is 1.80 bits per heavy atom. The van der Waals surface area contributed by atoms with Crippen LogP contribution in [0.3, 0.4) is 0 Å². The van der Waals surface area contributed by atoms with Crippen molar-refractivity contribution in [3.63, 3.8) is 0 Å². The maximum atomic E-state index is 12.7. The van der Waals surface area contributed by atoms with E-state index in [-0.39, 0.29) is 30.0 Å². The highest BCUT2D eigenvalue weighted by atomic mass is 35.5. The van der Waals surface area contributed by atoms with Crippen LogP contribution in [0.1, 0.15) is 18.4 Å². The second kappa shape index (κ2) is 8.98. The standard InChI is InChI=1S/C17H25N3O3S.ClH/c21-17(19-11-8-18-9-12-19)16-7-4-10-20(13-16)24(22,23)14-15-5-2-1-3-6-15;/h1-3,5-6,16,18H,4,7-14H2;1H. The van der Waals surface area contributed by atoms with Gasteiger partial charge in [-0.15, -0.1) is 12.4 Å². The molecular weight excluding hydrogens is 362 g/mol. The molecular formula is C17H26ClN3O3S. The van der Waals surface area contributed by atoms with Gasteiger partial charge in [0.2, 0.25) is 15.9 Å². The molecule has 8 heteroatoms. The lowest BCUT2D eigenvalue weighted by molar-refractivity contribution is -0.137. The van der Waals surface area contributed by atoms with Crippen LogP contribution < -0.4 is 5.32 Å². The van der Waals surface area contributed by atoms with E-state index in [1.807, 2.05) is 35.2 Å². The van der Waals surface area contributed by atoms with Gasteiger partial charge in [-0.25, -0.2) is 12.7 Å². The Balaban J connectivity index is 0.00000225. The number of piperazine rings is 1. The lowest BCUT2D eigenvalue weighted by Gasteiger charge is -2.35. The summed E-state index contributed by atoms with van der Waals surface area (Å²) in [4.78, 5) is 14.5. The molecule has 2 heterocycles. The fourth-order valence-corrected chi connectivity index (χ4v) is 5.03. The van der Waals surface area contributed by atoms with Crippen LogP contribution >= 0.6 is 12.4 Å². The van der Waals surface area contributed by atoms with E-state index in [2.05, 4.69) is 5.32 Å². The van der Waals surface area contributed by atoms with Gasteiger partial charge in [0, 0.05) is 39.3 Å². The van der Waals surface area contributed by atoms with Gasteiger partial charge < -0.3 is 10.2 Å². The van der Waals surface area contributed by atoms with E-state index in [1.165, 1.54) is 4.31 Å². The zero-order valence-corrected chi connectivity index (χ0v) is 15.9. The first-order valence-electron chi connectivity index (χ1n) is 8.57. The van der Waals surface area contributed by atoms with Gasteiger partial charge >= 0.3 is 0 Å². The number of rotatable bonds is 4. The molecule has 140 valence electrons. The first-order chi connectivity index (χ1) is 11.6. The average molecular weight is 388 g/mol. The van der Waals surface area contributed by atoms with Crippen LogP contribution in [0, 0.1) is 5.92 Å². The van der Waals surface area contributed by atoms with Gasteiger partial charge in [0.05, 0.1) is 11.7 Å². The molecule has 0 spiro atoms. The van der Waals surface area contributed by atoms with E-state index in [9.17, 15) is 13.2 Å². The van der Waals surface area contributed by atoms with Gasteiger partial charge in [0.1, 0.15) is 0 Å². The summed E-state index contributed by atoms with van der Waals surface area (Å²) in [6.45, 7) is 3.89. The van der Waals surface area contributed by atoms with E-state index in [1.54, 1.807) is 0 Å². The second-order valence-electron chi connectivity index (χ2n) is 6.51. The number of halogens is 1. The van der Waals surface area contributed by atoms with Crippen molar-refractivity contribution in [2.75, 3.05) is 39.3 Å². The fraction of sp³-hybridized carbons (Fsp3) is 0.588. The molecule has 0 bridgehead atoms. The topological polar surface area (TPSA) is 69.7 Å². The van der Waals surface area contributed by atoms with Crippen molar-refractivity contribution in [2.45, 2.75) is 18.6 Å². The largest absolute Gasteiger partial charge is 0.340 e. The van der Waals surface area contributed by atoms with Crippen molar-refractivity contribution in [1.29, 1.82) is 0 Å². The molecule has 0 aliphatic carbocycles. The highest BCUT2D eigenvalue weighted by Crippen LogP contribution is 2.23. The predicted octanol–water partition coefficient (Wildman–Crippen LogP) is 1.08. The number of carbonyl (C=O) groups is 1. The quantitative estimate of drug-likeness (QED) is 0.839. The number of amides is 1. The normalized spacial score (nSPS) is 22.2. The first kappa shape index (κ1) is 20.2. The Hall–Kier alpha value is -1.15. The summed E-state index contributed by atoms with van der Waals surface area (Å²) in [5.74, 6) is -0.0962. The number of sulfonamides is 1. The molecule has 1 unspecified atom stereocenters. The lowest BCUT2D eigenvalue weighted by atomic mass is 9.98. The minimum Gasteiger partial charge on any atom is -0.340 e. The Bertz CT molecular complexity index is 663. The molecule has 0 radical (unpaired) electrons. The third kappa shape index (κ3) is 5.17. The van der Waals surface area contributed by atoms with Gasteiger partial charge in [0.25, 0.3) is 0 Å². The van der Waals surface area contributed by atoms with E-state index in [0.29, 0.717) is 26.2 Å². The number of nitrogens with zero attached hydrogens (tertiary/aromatic N) is 2. The third-order valence-electron chi connectivity index (χ3n) is 4.75. The number of benzene rings is 1. The number of piperidine rings is 1. The van der Waals surface area contributed by atoms with Crippen LogP contribution in [0.25, 0.3) is 0 Å². The molecule has 6 nitrogen and oxygen atoms in total. The Morgan fingerprint density at radius 1 is 1.12 bits per heavy atom. The zero-order valence-electron chi connectivity index (χ0n) is 14.3. The summed E-state index contributed by atoms with van der Waals surface area (Å²) < 4.78 is 26.9. The minimum absolute atomic E-state index is 0. The molecule has 1 atom stereocenters. The second-order valence-corrected chi connectivity index (χ2v) is 8.48. The predicted molar refractivity (Wildman–Crippen MR) is 100 cm³/mol. The van der Waals surface area contributed by atoms with Crippen molar-refractivity contribution in [2.24, 2.45) is 5.92 Å². The lowest BCUT2D eigenvalue weighted by Crippen LogP contribution is -2.52. The summed E-state index contributed by atoms with van der Waals surface area (Å²) in [5.41, 5.74) is 0.785. The van der Waals surface area contributed by atoms with Gasteiger partial charge in [0.15, 0.2) is 0 Å².